The first-order valence-electron chi connectivity index (χ1n) is 25.9. The minimum atomic E-state index is -5.19. The van der Waals surface area contributed by atoms with Gasteiger partial charge >= 0.3 is 24.3 Å². The Morgan fingerprint density at radius 3 is 1.09 bits per heavy atom. The van der Waals surface area contributed by atoms with Crippen LogP contribution in [-0.2, 0) is 41.7 Å². The number of carboxylic acids is 2. The molecular formula is C58H62F6N8O8. The van der Waals surface area contributed by atoms with Crippen LogP contribution in [0.1, 0.15) is 60.3 Å². The maximum atomic E-state index is 13.5. The number of hydrogen-bond donors (Lipinski definition) is 4. The molecule has 22 heteroatoms. The van der Waals surface area contributed by atoms with Gasteiger partial charge in [-0.3, -0.25) is 0 Å². The molecular weight excluding hydrogens is 1050 g/mol. The quantitative estimate of drug-likeness (QED) is 0.0492. The highest BCUT2D eigenvalue weighted by atomic mass is 19.4. The van der Waals surface area contributed by atoms with E-state index in [0.29, 0.717) is 23.5 Å². The number of hydrogen-bond acceptors (Lipinski definition) is 14. The van der Waals surface area contributed by atoms with Crippen LogP contribution in [-0.4, -0.2) is 107 Å². The van der Waals surface area contributed by atoms with Gasteiger partial charge in [0.15, 0.2) is 24.3 Å². The summed E-state index contributed by atoms with van der Waals surface area (Å²) in [5, 5.41) is 24.3. The highest BCUT2D eigenvalue weighted by Gasteiger charge is 2.50. The summed E-state index contributed by atoms with van der Waals surface area (Å²) in [6.07, 6.45) is -6.26. The molecule has 6 aliphatic heterocycles. The number of carbonyl (C=O) groups is 4. The Morgan fingerprint density at radius 2 is 0.800 bits per heavy atom. The fourth-order valence-corrected chi connectivity index (χ4v) is 10.7. The molecule has 6 aliphatic rings. The number of nitrogen functional groups attached to an aromatic ring is 2. The van der Waals surface area contributed by atoms with Crippen LogP contribution < -0.4 is 32.3 Å². The van der Waals surface area contributed by atoms with E-state index in [1.807, 2.05) is 158 Å². The van der Waals surface area contributed by atoms with Gasteiger partial charge in [-0.05, 0) is 59.7 Å². The summed E-state index contributed by atoms with van der Waals surface area (Å²) >= 11 is 0. The average Bonchev–Trinajstić information content (AvgIpc) is 3.55. The molecule has 0 saturated carbocycles. The largest absolute Gasteiger partial charge is 0.542 e. The predicted octanol–water partition coefficient (Wildman–Crippen LogP) is 6.94. The van der Waals surface area contributed by atoms with Crippen molar-refractivity contribution in [3.8, 4) is 0 Å². The summed E-state index contributed by atoms with van der Waals surface area (Å²) in [4.78, 5) is 53.6. The highest BCUT2D eigenvalue weighted by Crippen LogP contribution is 2.39. The Bertz CT molecular complexity index is 2770. The lowest BCUT2D eigenvalue weighted by Crippen LogP contribution is -2.64. The number of nitrogens with one attached hydrogen (secondary N) is 2. The predicted molar refractivity (Wildman–Crippen MR) is 280 cm³/mol. The van der Waals surface area contributed by atoms with Crippen LogP contribution in [0.25, 0.3) is 0 Å². The summed E-state index contributed by atoms with van der Waals surface area (Å²) in [5.41, 5.74) is 17.4. The molecule has 2 aromatic heterocycles. The van der Waals surface area contributed by atoms with E-state index in [2.05, 4.69) is 20.6 Å². The van der Waals surface area contributed by atoms with E-state index < -0.39 is 36.4 Å². The number of ether oxygens (including phenoxy) is 2. The molecule has 6 fully saturated rings. The molecule has 6 aromatic rings. The third-order valence-electron chi connectivity index (χ3n) is 14.6. The average molecular weight is 1110 g/mol. The fraction of sp³-hybridized carbons (Fsp3) is 0.345. The van der Waals surface area contributed by atoms with Gasteiger partial charge in [-0.15, -0.1) is 0 Å². The Balaban J connectivity index is 0.000000187. The third kappa shape index (κ3) is 16.9. The summed E-state index contributed by atoms with van der Waals surface area (Å²) in [5.74, 6) is -4.49. The molecule has 6 saturated heterocycles. The first-order chi connectivity index (χ1) is 38.1. The Hall–Kier alpha value is -8.24. The normalized spacial score (nSPS) is 22.4. The van der Waals surface area contributed by atoms with E-state index >= 15 is 0 Å². The minimum absolute atomic E-state index is 0.0788. The fourth-order valence-electron chi connectivity index (χ4n) is 10.7. The molecule has 4 atom stereocenters. The molecule has 16 nitrogen and oxygen atoms in total. The van der Waals surface area contributed by atoms with Gasteiger partial charge in [-0.1, -0.05) is 109 Å². The number of aromatic nitrogens is 2. The van der Waals surface area contributed by atoms with E-state index in [1.54, 1.807) is 0 Å². The zero-order chi connectivity index (χ0) is 57.5. The molecule has 4 bridgehead atoms. The monoisotopic (exact) mass is 1110 g/mol. The first-order valence-corrected chi connectivity index (χ1v) is 25.9. The number of nitrogens with two attached hydrogens (primary N) is 2. The molecule has 6 N–H and O–H groups in total. The number of carboxylic acid groups (broad SMARTS) is 2. The smallest absolute Gasteiger partial charge is 0.430 e. The van der Waals surface area contributed by atoms with Gasteiger partial charge < -0.3 is 60.3 Å². The van der Waals surface area contributed by atoms with Crippen LogP contribution >= 0.6 is 0 Å². The number of benzene rings is 4. The maximum Gasteiger partial charge on any atom is 0.430 e. The van der Waals surface area contributed by atoms with E-state index in [0.717, 1.165) is 121 Å². The zero-order valence-electron chi connectivity index (χ0n) is 43.4. The second-order valence-electron chi connectivity index (χ2n) is 20.3. The molecule has 424 valence electrons. The van der Waals surface area contributed by atoms with Crippen molar-refractivity contribution in [2.75, 3.05) is 61.4 Å². The van der Waals surface area contributed by atoms with Crippen molar-refractivity contribution in [2.24, 2.45) is 11.8 Å². The lowest BCUT2D eigenvalue weighted by atomic mass is 9.83. The van der Waals surface area contributed by atoms with Crippen molar-refractivity contribution in [2.45, 2.75) is 75.4 Å². The number of piperidine rings is 6. The topological polar surface area (TPSA) is 235 Å². The lowest BCUT2D eigenvalue weighted by molar-refractivity contribution is -0.958. The maximum absolute atomic E-state index is 13.5. The summed E-state index contributed by atoms with van der Waals surface area (Å²) in [7, 11) is 0. The second kappa shape index (κ2) is 26.6. The summed E-state index contributed by atoms with van der Waals surface area (Å²) < 4.78 is 77.4. The van der Waals surface area contributed by atoms with Crippen molar-refractivity contribution < 1.29 is 74.2 Å². The lowest BCUT2D eigenvalue weighted by Gasteiger charge is -2.52. The number of carbonyl (C=O) groups excluding carboxylic acids is 4. The number of alkyl halides is 6. The standard InChI is InChI=1S/2C27H31N4O2.2C2HF3O2/c2*28-25-13-7-12-23(29-25)18-31-16-14-20(15-17-31)24(19-31)33-27(32)26(21-8-3-1-4-9-21)30-22-10-5-2-6-11-22;2*3-2(4,5)1(6)7/h2*1-13,20,24,26,30H,14-19H2,(H2,28,29);2*(H,6,7)/q2*+1;;/p-2/t2*20?,24-,26?,31?;;/m00../s1. The van der Waals surface area contributed by atoms with E-state index in [4.69, 9.17) is 40.7 Å². The Kier molecular flexibility index (Phi) is 19.8. The van der Waals surface area contributed by atoms with E-state index in [-0.39, 0.29) is 24.1 Å². The Morgan fingerprint density at radius 1 is 0.500 bits per heavy atom. The van der Waals surface area contributed by atoms with Crippen LogP contribution in [0.4, 0.5) is 49.4 Å². The minimum Gasteiger partial charge on any atom is -0.542 e. The van der Waals surface area contributed by atoms with Gasteiger partial charge in [-0.2, -0.15) is 26.3 Å². The van der Waals surface area contributed by atoms with Gasteiger partial charge in [0.2, 0.25) is 0 Å². The molecule has 0 aliphatic carbocycles. The number of halogens is 6. The van der Waals surface area contributed by atoms with Gasteiger partial charge in [0.1, 0.15) is 49.8 Å². The zero-order valence-corrected chi connectivity index (χ0v) is 43.4. The van der Waals surface area contributed by atoms with E-state index in [9.17, 15) is 35.9 Å². The van der Waals surface area contributed by atoms with E-state index in [1.165, 1.54) is 0 Å². The number of fused-ring (bicyclic) bond motifs is 6. The number of rotatable bonds is 14. The molecule has 12 rings (SSSR count). The second-order valence-corrected chi connectivity index (χ2v) is 20.3. The number of nitrogens with zero attached hydrogens (tertiary/aromatic N) is 4. The van der Waals surface area contributed by atoms with Gasteiger partial charge in [0.25, 0.3) is 0 Å². The van der Waals surface area contributed by atoms with Crippen molar-refractivity contribution in [1.29, 1.82) is 0 Å². The molecule has 80 heavy (non-hydrogen) atoms. The highest BCUT2D eigenvalue weighted by molar-refractivity contribution is 5.82. The molecule has 8 heterocycles. The summed E-state index contributed by atoms with van der Waals surface area (Å²) in [6, 6.07) is 49.8. The Labute approximate surface area is 458 Å². The van der Waals surface area contributed by atoms with Gasteiger partial charge in [0.05, 0.1) is 37.6 Å². The van der Waals surface area contributed by atoms with Gasteiger partial charge in [-0.25, -0.2) is 19.6 Å². The third-order valence-corrected chi connectivity index (χ3v) is 14.6. The molecule has 0 spiro atoms. The number of para-hydroxylation sites is 2. The number of esters is 2. The number of quaternary nitrogens is 2. The van der Waals surface area contributed by atoms with Crippen LogP contribution in [0.2, 0.25) is 0 Å². The van der Waals surface area contributed by atoms with Crippen LogP contribution in [0.15, 0.2) is 158 Å². The van der Waals surface area contributed by atoms with Crippen LogP contribution in [0, 0.1) is 11.8 Å². The van der Waals surface area contributed by atoms with Crippen molar-refractivity contribution in [3.05, 3.63) is 180 Å². The summed E-state index contributed by atoms with van der Waals surface area (Å²) in [6.45, 7) is 7.71. The molecule has 0 amide bonds. The van der Waals surface area contributed by atoms with Crippen molar-refractivity contribution in [1.82, 2.24) is 9.97 Å². The van der Waals surface area contributed by atoms with Crippen LogP contribution in [0.5, 0.6) is 0 Å². The SMILES string of the molecule is Nc1cccc(C[N+]23CCC(CC2)[C@@H](OC(=O)C(Nc2ccccc2)c2ccccc2)C3)n1.Nc1cccc(C[N+]23CCC(CC2)[C@@H](OC(=O)C(Nc2ccccc2)c2ccccc2)C3)n1.O=C([O-])C(F)(F)F.O=C([O-])C(F)(F)F. The number of aliphatic carboxylic acids is 2. The van der Waals surface area contributed by atoms with Crippen molar-refractivity contribution >= 4 is 46.9 Å². The van der Waals surface area contributed by atoms with Crippen molar-refractivity contribution in [3.63, 3.8) is 0 Å². The molecule has 0 radical (unpaired) electrons. The van der Waals surface area contributed by atoms with Crippen LogP contribution in [0.3, 0.4) is 0 Å². The first kappa shape index (κ1) is 59.4. The van der Waals surface area contributed by atoms with Gasteiger partial charge in [0, 0.05) is 48.9 Å². The number of anilines is 4. The molecule has 4 aromatic carbocycles. The number of pyridine rings is 2. The molecule has 2 unspecified atom stereocenters.